The number of carbonyl (C=O) groups is 1. The van der Waals surface area contributed by atoms with Gasteiger partial charge in [0.25, 0.3) is 5.69 Å². The van der Waals surface area contributed by atoms with Crippen molar-refractivity contribution in [3.63, 3.8) is 0 Å². The molecule has 0 unspecified atom stereocenters. The fourth-order valence-corrected chi connectivity index (χ4v) is 1.78. The Balaban J connectivity index is 2.00. The number of nitrogens with zero attached hydrogens (tertiary/aromatic N) is 3. The summed E-state index contributed by atoms with van der Waals surface area (Å²) in [6.45, 7) is 2.35. The third-order valence-corrected chi connectivity index (χ3v) is 3.13. The van der Waals surface area contributed by atoms with Crippen molar-refractivity contribution in [3.8, 4) is 0 Å². The number of amides is 1. The normalized spacial score (nSPS) is 14.9. The van der Waals surface area contributed by atoms with Crippen LogP contribution in [0.15, 0.2) is 24.3 Å². The molecule has 0 saturated carbocycles. The highest BCUT2D eigenvalue weighted by atomic mass is 16.6. The van der Waals surface area contributed by atoms with E-state index in [9.17, 15) is 14.9 Å². The van der Waals surface area contributed by atoms with Gasteiger partial charge in [0, 0.05) is 24.9 Å². The molecule has 0 aliphatic carbocycles. The maximum absolute atomic E-state index is 11.9. The van der Waals surface area contributed by atoms with Crippen LogP contribution in [0.2, 0.25) is 0 Å². The number of rotatable bonds is 4. The largest absolute Gasteiger partial charge is 0.314 e. The number of anilines is 1. The van der Waals surface area contributed by atoms with Gasteiger partial charge in [-0.3, -0.25) is 19.8 Å². The van der Waals surface area contributed by atoms with E-state index in [2.05, 4.69) is 4.90 Å². The van der Waals surface area contributed by atoms with Crippen LogP contribution in [0.5, 0.6) is 0 Å². The zero-order valence-electron chi connectivity index (χ0n) is 10.2. The van der Waals surface area contributed by atoms with E-state index in [1.807, 2.05) is 0 Å². The first-order valence-electron chi connectivity index (χ1n) is 5.81. The lowest BCUT2D eigenvalue weighted by atomic mass is 10.2. The second kappa shape index (κ2) is 5.14. The summed E-state index contributed by atoms with van der Waals surface area (Å²) in [7, 11) is 1.68. The number of nitro groups is 1. The van der Waals surface area contributed by atoms with Crippen LogP contribution in [0.25, 0.3) is 0 Å². The Kier molecular flexibility index (Phi) is 3.57. The minimum atomic E-state index is -0.453. The molecule has 18 heavy (non-hydrogen) atoms. The van der Waals surface area contributed by atoms with Crippen molar-refractivity contribution in [2.24, 2.45) is 0 Å². The summed E-state index contributed by atoms with van der Waals surface area (Å²) in [5.74, 6) is 0.00329. The molecule has 1 amide bonds. The van der Waals surface area contributed by atoms with Gasteiger partial charge in [-0.2, -0.15) is 0 Å². The van der Waals surface area contributed by atoms with Crippen molar-refractivity contribution >= 4 is 17.3 Å². The Morgan fingerprint density at radius 3 is 2.44 bits per heavy atom. The number of non-ortho nitro benzene ring substituents is 1. The molecule has 1 aliphatic heterocycles. The van der Waals surface area contributed by atoms with Gasteiger partial charge in [-0.1, -0.05) is 0 Å². The standard InChI is InChI=1S/C12H15N3O3/c1-13(12(16)9-14-7-2-8-14)10-3-5-11(6-4-10)15(17)18/h3-6H,2,7-9H2,1H3. The fraction of sp³-hybridized carbons (Fsp3) is 0.417. The first-order chi connectivity index (χ1) is 8.58. The number of nitro benzene ring substituents is 1. The topological polar surface area (TPSA) is 66.7 Å². The predicted octanol–water partition coefficient (Wildman–Crippen LogP) is 1.26. The Morgan fingerprint density at radius 2 is 2.00 bits per heavy atom. The molecule has 1 aromatic carbocycles. The molecule has 0 atom stereocenters. The number of benzene rings is 1. The molecule has 6 nitrogen and oxygen atoms in total. The third-order valence-electron chi connectivity index (χ3n) is 3.13. The fourth-order valence-electron chi connectivity index (χ4n) is 1.78. The molecule has 1 aliphatic rings. The summed E-state index contributed by atoms with van der Waals surface area (Å²) in [4.78, 5) is 25.6. The van der Waals surface area contributed by atoms with E-state index >= 15 is 0 Å². The molecule has 1 aromatic rings. The zero-order chi connectivity index (χ0) is 13.1. The number of hydrogen-bond donors (Lipinski definition) is 0. The van der Waals surface area contributed by atoms with Gasteiger partial charge in [-0.15, -0.1) is 0 Å². The quantitative estimate of drug-likeness (QED) is 0.595. The maximum Gasteiger partial charge on any atom is 0.269 e. The maximum atomic E-state index is 11.9. The molecule has 0 bridgehead atoms. The van der Waals surface area contributed by atoms with Crippen molar-refractivity contribution in [2.75, 3.05) is 31.6 Å². The van der Waals surface area contributed by atoms with Gasteiger partial charge in [0.2, 0.25) is 5.91 Å². The van der Waals surface area contributed by atoms with E-state index in [-0.39, 0.29) is 11.6 Å². The molecule has 6 heteroatoms. The van der Waals surface area contributed by atoms with E-state index in [4.69, 9.17) is 0 Å². The van der Waals surface area contributed by atoms with E-state index in [1.54, 1.807) is 19.2 Å². The van der Waals surface area contributed by atoms with Gasteiger partial charge in [0.15, 0.2) is 0 Å². The smallest absolute Gasteiger partial charge is 0.269 e. The molecule has 1 heterocycles. The first kappa shape index (κ1) is 12.5. The molecule has 0 spiro atoms. The molecule has 96 valence electrons. The lowest BCUT2D eigenvalue weighted by molar-refractivity contribution is -0.384. The summed E-state index contributed by atoms with van der Waals surface area (Å²) < 4.78 is 0. The highest BCUT2D eigenvalue weighted by Crippen LogP contribution is 2.18. The van der Waals surface area contributed by atoms with Gasteiger partial charge in [0.1, 0.15) is 0 Å². The average Bonchev–Trinajstić information content (AvgIpc) is 2.32. The van der Waals surface area contributed by atoms with Crippen LogP contribution < -0.4 is 4.90 Å². The van der Waals surface area contributed by atoms with Crippen LogP contribution in [-0.4, -0.2) is 42.4 Å². The number of likely N-dealkylation sites (tertiary alicyclic amines) is 1. The minimum Gasteiger partial charge on any atom is -0.314 e. The number of likely N-dealkylation sites (N-methyl/N-ethyl adjacent to an activating group) is 1. The molecule has 1 fully saturated rings. The summed E-state index contributed by atoms with van der Waals surface area (Å²) in [5.41, 5.74) is 0.702. The molecule has 0 radical (unpaired) electrons. The van der Waals surface area contributed by atoms with Crippen LogP contribution in [0.3, 0.4) is 0 Å². The van der Waals surface area contributed by atoms with E-state index in [0.717, 1.165) is 19.5 Å². The average molecular weight is 249 g/mol. The predicted molar refractivity (Wildman–Crippen MR) is 67.6 cm³/mol. The van der Waals surface area contributed by atoms with Crippen LogP contribution >= 0.6 is 0 Å². The van der Waals surface area contributed by atoms with Gasteiger partial charge >= 0.3 is 0 Å². The van der Waals surface area contributed by atoms with Gasteiger partial charge < -0.3 is 4.90 Å². The molecular formula is C12H15N3O3. The molecule has 2 rings (SSSR count). The van der Waals surface area contributed by atoms with Gasteiger partial charge in [-0.05, 0) is 31.6 Å². The highest BCUT2D eigenvalue weighted by molar-refractivity contribution is 5.94. The molecule has 0 N–H and O–H groups in total. The Morgan fingerprint density at radius 1 is 1.39 bits per heavy atom. The molecule has 0 aromatic heterocycles. The first-order valence-corrected chi connectivity index (χ1v) is 5.81. The lowest BCUT2D eigenvalue weighted by Crippen LogP contribution is -2.45. The minimum absolute atomic E-state index is 0.00329. The van der Waals surface area contributed by atoms with Crippen molar-refractivity contribution < 1.29 is 9.72 Å². The Hall–Kier alpha value is -1.95. The highest BCUT2D eigenvalue weighted by Gasteiger charge is 2.20. The summed E-state index contributed by atoms with van der Waals surface area (Å²) in [6.07, 6.45) is 1.15. The zero-order valence-corrected chi connectivity index (χ0v) is 10.2. The Labute approximate surface area is 105 Å². The second-order valence-electron chi connectivity index (χ2n) is 4.36. The molecule has 1 saturated heterocycles. The van der Waals surface area contributed by atoms with Crippen molar-refractivity contribution in [3.05, 3.63) is 34.4 Å². The second-order valence-corrected chi connectivity index (χ2v) is 4.36. The summed E-state index contributed by atoms with van der Waals surface area (Å²) >= 11 is 0. The summed E-state index contributed by atoms with van der Waals surface area (Å²) in [6, 6.07) is 5.99. The van der Waals surface area contributed by atoms with Crippen LogP contribution in [0.1, 0.15) is 6.42 Å². The van der Waals surface area contributed by atoms with Crippen LogP contribution in [-0.2, 0) is 4.79 Å². The van der Waals surface area contributed by atoms with E-state index < -0.39 is 4.92 Å². The summed E-state index contributed by atoms with van der Waals surface area (Å²) in [5, 5.41) is 10.5. The monoisotopic (exact) mass is 249 g/mol. The van der Waals surface area contributed by atoms with Crippen molar-refractivity contribution in [2.45, 2.75) is 6.42 Å². The van der Waals surface area contributed by atoms with Gasteiger partial charge in [0.05, 0.1) is 11.5 Å². The SMILES string of the molecule is CN(C(=O)CN1CCC1)c1ccc([N+](=O)[O-])cc1. The lowest BCUT2D eigenvalue weighted by Gasteiger charge is -2.31. The number of carbonyl (C=O) groups excluding carboxylic acids is 1. The van der Waals surface area contributed by atoms with Crippen LogP contribution in [0, 0.1) is 10.1 Å². The van der Waals surface area contributed by atoms with Crippen molar-refractivity contribution in [1.82, 2.24) is 4.90 Å². The van der Waals surface area contributed by atoms with Gasteiger partial charge in [-0.25, -0.2) is 0 Å². The van der Waals surface area contributed by atoms with Crippen LogP contribution in [0.4, 0.5) is 11.4 Å². The van der Waals surface area contributed by atoms with Crippen molar-refractivity contribution in [1.29, 1.82) is 0 Å². The van der Waals surface area contributed by atoms with E-state index in [1.165, 1.54) is 17.0 Å². The van der Waals surface area contributed by atoms with E-state index in [0.29, 0.717) is 12.2 Å². The third kappa shape index (κ3) is 2.65. The molecular weight excluding hydrogens is 234 g/mol. The number of hydrogen-bond acceptors (Lipinski definition) is 4. The Bertz CT molecular complexity index is 454.